The molecule has 5 heteroatoms. The van der Waals surface area contributed by atoms with Gasteiger partial charge >= 0.3 is 6.09 Å². The van der Waals surface area contributed by atoms with Crippen LogP contribution in [0.3, 0.4) is 0 Å². The van der Waals surface area contributed by atoms with Crippen molar-refractivity contribution in [2.75, 3.05) is 0 Å². The Bertz CT molecular complexity index is 621. The van der Waals surface area contributed by atoms with E-state index >= 15 is 0 Å². The van der Waals surface area contributed by atoms with Crippen LogP contribution in [0, 0.1) is 0 Å². The minimum Gasteiger partial charge on any atom is -0.443 e. The van der Waals surface area contributed by atoms with Gasteiger partial charge in [0.05, 0.1) is 11.7 Å². The summed E-state index contributed by atoms with van der Waals surface area (Å²) in [7, 11) is 0. The smallest absolute Gasteiger partial charge is 0.412 e. The number of pyridine rings is 1. The monoisotopic (exact) mass is 329 g/mol. The van der Waals surface area contributed by atoms with Crippen LogP contribution in [0.1, 0.15) is 52.5 Å². The topological polar surface area (TPSA) is 63.6 Å². The second kappa shape index (κ2) is 8.08. The fraction of sp³-hybridized carbons (Fsp3) is 0.526. The third kappa shape index (κ3) is 5.48. The summed E-state index contributed by atoms with van der Waals surface area (Å²) >= 11 is 0. The standard InChI is InChI=1S/C19H27N3O2/c1-5-19(3,4)24-18(23)22-17-13-21-16(11-14(17)2)9-8-15-7-6-10-20-12-15/h6-7,10,12-13,16H,5,8-9,11H2,1-4H3,(H,22,23). The Kier molecular flexibility index (Phi) is 6.12. The SMILES string of the molecule is CCC(C)(C)OC(=O)NC1=C(C)CC(CCc2cccnc2)N=C1. The molecule has 0 radical (unpaired) electrons. The summed E-state index contributed by atoms with van der Waals surface area (Å²) in [6.07, 6.45) is 8.56. The highest BCUT2D eigenvalue weighted by Crippen LogP contribution is 2.20. The van der Waals surface area contributed by atoms with E-state index in [1.807, 2.05) is 40.0 Å². The molecule has 0 fully saturated rings. The Labute approximate surface area is 144 Å². The number of aliphatic imine (C=N–C) groups is 1. The van der Waals surface area contributed by atoms with Crippen molar-refractivity contribution in [2.45, 2.75) is 65.0 Å². The highest BCUT2D eigenvalue weighted by atomic mass is 16.6. The molecule has 1 N–H and O–H groups in total. The summed E-state index contributed by atoms with van der Waals surface area (Å²) in [4.78, 5) is 20.7. The molecule has 5 nitrogen and oxygen atoms in total. The van der Waals surface area contributed by atoms with Crippen LogP contribution in [0.2, 0.25) is 0 Å². The molecule has 24 heavy (non-hydrogen) atoms. The number of carbonyl (C=O) groups excluding carboxylic acids is 1. The number of aromatic nitrogens is 1. The zero-order valence-corrected chi connectivity index (χ0v) is 15.0. The molecule has 2 heterocycles. The molecule has 0 saturated carbocycles. The van der Waals surface area contributed by atoms with Crippen LogP contribution >= 0.6 is 0 Å². The first kappa shape index (κ1) is 18.2. The molecular weight excluding hydrogens is 302 g/mol. The molecule has 0 spiro atoms. The summed E-state index contributed by atoms with van der Waals surface area (Å²) < 4.78 is 5.42. The highest BCUT2D eigenvalue weighted by Gasteiger charge is 2.22. The first-order valence-corrected chi connectivity index (χ1v) is 8.51. The van der Waals surface area contributed by atoms with E-state index in [2.05, 4.69) is 21.4 Å². The van der Waals surface area contributed by atoms with Gasteiger partial charge in [0.15, 0.2) is 0 Å². The van der Waals surface area contributed by atoms with Crippen molar-refractivity contribution >= 4 is 12.3 Å². The van der Waals surface area contributed by atoms with Crippen molar-refractivity contribution in [3.8, 4) is 0 Å². The molecule has 0 aliphatic carbocycles. The minimum absolute atomic E-state index is 0.249. The lowest BCUT2D eigenvalue weighted by molar-refractivity contribution is 0.0382. The van der Waals surface area contributed by atoms with E-state index in [0.717, 1.165) is 37.0 Å². The van der Waals surface area contributed by atoms with Crippen molar-refractivity contribution in [1.29, 1.82) is 0 Å². The second-order valence-corrected chi connectivity index (χ2v) is 6.86. The van der Waals surface area contributed by atoms with Crippen LogP contribution in [0.25, 0.3) is 0 Å². The molecule has 1 aliphatic rings. The van der Waals surface area contributed by atoms with Gasteiger partial charge in [-0.3, -0.25) is 15.3 Å². The van der Waals surface area contributed by atoms with E-state index in [1.165, 1.54) is 5.56 Å². The Morgan fingerprint density at radius 2 is 2.25 bits per heavy atom. The number of alkyl carbamates (subject to hydrolysis) is 1. The van der Waals surface area contributed by atoms with Gasteiger partial charge in [-0.25, -0.2) is 4.79 Å². The number of dihydropyridines is 1. The zero-order valence-electron chi connectivity index (χ0n) is 15.0. The maximum Gasteiger partial charge on any atom is 0.412 e. The third-order valence-corrected chi connectivity index (χ3v) is 4.36. The molecule has 1 aromatic rings. The van der Waals surface area contributed by atoms with Crippen LogP contribution < -0.4 is 5.32 Å². The molecule has 2 rings (SSSR count). The number of rotatable bonds is 6. The number of hydrogen-bond donors (Lipinski definition) is 1. The van der Waals surface area contributed by atoms with Crippen molar-refractivity contribution < 1.29 is 9.53 Å². The lowest BCUT2D eigenvalue weighted by Gasteiger charge is -2.25. The number of carbonyl (C=O) groups is 1. The summed E-state index contributed by atoms with van der Waals surface area (Å²) in [5, 5.41) is 2.81. The van der Waals surface area contributed by atoms with Gasteiger partial charge in [-0.1, -0.05) is 13.0 Å². The van der Waals surface area contributed by atoms with Crippen LogP contribution in [0.4, 0.5) is 4.79 Å². The maximum absolute atomic E-state index is 12.0. The predicted octanol–water partition coefficient (Wildman–Crippen LogP) is 4.05. The molecule has 1 atom stereocenters. The van der Waals surface area contributed by atoms with Crippen LogP contribution in [0.15, 0.2) is 40.8 Å². The molecular formula is C19H27N3O2. The van der Waals surface area contributed by atoms with Gasteiger partial charge in [0.2, 0.25) is 0 Å². The van der Waals surface area contributed by atoms with E-state index in [4.69, 9.17) is 4.74 Å². The summed E-state index contributed by atoms with van der Waals surface area (Å²) in [6.45, 7) is 7.82. The van der Waals surface area contributed by atoms with Gasteiger partial charge in [-0.15, -0.1) is 0 Å². The third-order valence-electron chi connectivity index (χ3n) is 4.36. The van der Waals surface area contributed by atoms with E-state index in [0.29, 0.717) is 0 Å². The summed E-state index contributed by atoms with van der Waals surface area (Å²) in [6, 6.07) is 4.29. The Balaban J connectivity index is 1.85. The number of ether oxygens (including phenoxy) is 1. The number of hydrogen-bond acceptors (Lipinski definition) is 4. The Morgan fingerprint density at radius 3 is 2.88 bits per heavy atom. The molecule has 0 saturated heterocycles. The molecule has 1 aliphatic heterocycles. The highest BCUT2D eigenvalue weighted by molar-refractivity contribution is 5.86. The van der Waals surface area contributed by atoms with E-state index in [1.54, 1.807) is 12.4 Å². The largest absolute Gasteiger partial charge is 0.443 e. The minimum atomic E-state index is -0.462. The van der Waals surface area contributed by atoms with E-state index in [-0.39, 0.29) is 6.04 Å². The first-order chi connectivity index (χ1) is 11.4. The molecule has 130 valence electrons. The van der Waals surface area contributed by atoms with Crippen molar-refractivity contribution in [3.05, 3.63) is 41.4 Å². The number of allylic oxidation sites excluding steroid dienone is 1. The second-order valence-electron chi connectivity index (χ2n) is 6.86. The normalized spacial score (nSPS) is 17.8. The first-order valence-electron chi connectivity index (χ1n) is 8.51. The molecule has 1 unspecified atom stereocenters. The van der Waals surface area contributed by atoms with Crippen molar-refractivity contribution in [3.63, 3.8) is 0 Å². The van der Waals surface area contributed by atoms with Gasteiger partial charge in [0.25, 0.3) is 0 Å². The number of aryl methyl sites for hydroxylation is 1. The average molecular weight is 329 g/mol. The Hall–Kier alpha value is -2.17. The number of nitrogens with one attached hydrogen (secondary N) is 1. The van der Waals surface area contributed by atoms with E-state index < -0.39 is 11.7 Å². The summed E-state index contributed by atoms with van der Waals surface area (Å²) in [5.74, 6) is 0. The lowest BCUT2D eigenvalue weighted by Crippen LogP contribution is -2.35. The maximum atomic E-state index is 12.0. The van der Waals surface area contributed by atoms with Crippen molar-refractivity contribution in [1.82, 2.24) is 10.3 Å². The van der Waals surface area contributed by atoms with Gasteiger partial charge in [-0.05, 0) is 63.7 Å². The van der Waals surface area contributed by atoms with Gasteiger partial charge in [0.1, 0.15) is 5.60 Å². The van der Waals surface area contributed by atoms with Gasteiger partial charge in [-0.2, -0.15) is 0 Å². The number of nitrogens with zero attached hydrogens (tertiary/aromatic N) is 2. The zero-order chi connectivity index (χ0) is 17.6. The van der Waals surface area contributed by atoms with Crippen LogP contribution in [-0.4, -0.2) is 28.9 Å². The fourth-order valence-corrected chi connectivity index (χ4v) is 2.46. The average Bonchev–Trinajstić information content (AvgIpc) is 2.56. The molecule has 1 aromatic heterocycles. The quantitative estimate of drug-likeness (QED) is 0.856. The molecule has 0 bridgehead atoms. The van der Waals surface area contributed by atoms with Crippen molar-refractivity contribution in [2.24, 2.45) is 4.99 Å². The molecule has 0 aromatic carbocycles. The van der Waals surface area contributed by atoms with Crippen LogP contribution in [-0.2, 0) is 11.2 Å². The van der Waals surface area contributed by atoms with Gasteiger partial charge in [0, 0.05) is 18.6 Å². The fourth-order valence-electron chi connectivity index (χ4n) is 2.46. The van der Waals surface area contributed by atoms with Crippen LogP contribution in [0.5, 0.6) is 0 Å². The number of amides is 1. The summed E-state index contributed by atoms with van der Waals surface area (Å²) in [5.41, 5.74) is 2.65. The predicted molar refractivity (Wildman–Crippen MR) is 96.1 cm³/mol. The van der Waals surface area contributed by atoms with Gasteiger partial charge < -0.3 is 4.74 Å². The lowest BCUT2D eigenvalue weighted by atomic mass is 9.98. The van der Waals surface area contributed by atoms with E-state index in [9.17, 15) is 4.79 Å². The Morgan fingerprint density at radius 1 is 1.46 bits per heavy atom. The molecule has 1 amide bonds.